The SMILES string of the molecule is O=C(Nc1ccc([N+](=O)[O-])cc1Cl)n1ccnc1. The first-order valence-corrected chi connectivity index (χ1v) is 5.19. The Balaban J connectivity index is 2.20. The highest BCUT2D eigenvalue weighted by Gasteiger charge is 2.11. The lowest BCUT2D eigenvalue weighted by Crippen LogP contribution is -2.17. The minimum absolute atomic E-state index is 0.0951. The van der Waals surface area contributed by atoms with E-state index in [1.165, 1.54) is 41.5 Å². The molecule has 1 aromatic carbocycles. The molecule has 0 saturated carbocycles. The molecule has 0 aliphatic rings. The van der Waals surface area contributed by atoms with Gasteiger partial charge in [-0.25, -0.2) is 9.78 Å². The summed E-state index contributed by atoms with van der Waals surface area (Å²) >= 11 is 5.83. The summed E-state index contributed by atoms with van der Waals surface area (Å²) < 4.78 is 1.22. The Labute approximate surface area is 106 Å². The number of rotatable bonds is 2. The molecule has 1 N–H and O–H groups in total. The number of carbonyl (C=O) groups is 1. The van der Waals surface area contributed by atoms with Crippen molar-refractivity contribution in [2.24, 2.45) is 0 Å². The van der Waals surface area contributed by atoms with E-state index in [4.69, 9.17) is 11.6 Å². The maximum absolute atomic E-state index is 11.7. The van der Waals surface area contributed by atoms with E-state index < -0.39 is 11.0 Å². The van der Waals surface area contributed by atoms with Gasteiger partial charge >= 0.3 is 6.03 Å². The summed E-state index contributed by atoms with van der Waals surface area (Å²) in [5, 5.41) is 13.1. The highest BCUT2D eigenvalue weighted by atomic mass is 35.5. The van der Waals surface area contributed by atoms with Crippen LogP contribution in [0.1, 0.15) is 0 Å². The van der Waals surface area contributed by atoms with Gasteiger partial charge in [-0.1, -0.05) is 11.6 Å². The number of hydrogen-bond acceptors (Lipinski definition) is 4. The Morgan fingerprint density at radius 1 is 1.50 bits per heavy atom. The van der Waals surface area contributed by atoms with Gasteiger partial charge in [-0.3, -0.25) is 14.7 Å². The quantitative estimate of drug-likeness (QED) is 0.668. The summed E-state index contributed by atoms with van der Waals surface area (Å²) in [6.07, 6.45) is 4.25. The molecule has 0 unspecified atom stereocenters. The number of carbonyl (C=O) groups excluding carboxylic acids is 1. The predicted molar refractivity (Wildman–Crippen MR) is 64.8 cm³/mol. The van der Waals surface area contributed by atoms with Crippen molar-refractivity contribution < 1.29 is 9.72 Å². The molecule has 0 bridgehead atoms. The molecule has 0 radical (unpaired) electrons. The van der Waals surface area contributed by atoms with Crippen molar-refractivity contribution in [1.82, 2.24) is 9.55 Å². The number of halogens is 1. The lowest BCUT2D eigenvalue weighted by molar-refractivity contribution is -0.384. The second-order valence-electron chi connectivity index (χ2n) is 3.32. The van der Waals surface area contributed by atoms with Crippen molar-refractivity contribution in [2.45, 2.75) is 0 Å². The second kappa shape index (κ2) is 4.84. The lowest BCUT2D eigenvalue weighted by atomic mass is 10.3. The van der Waals surface area contributed by atoms with Crippen molar-refractivity contribution in [3.8, 4) is 0 Å². The van der Waals surface area contributed by atoms with E-state index in [1.807, 2.05) is 0 Å². The number of non-ortho nitro benzene ring substituents is 1. The molecule has 0 saturated heterocycles. The number of nitrogens with one attached hydrogen (secondary N) is 1. The molecular weight excluding hydrogens is 260 g/mol. The number of imidazole rings is 1. The fourth-order valence-corrected chi connectivity index (χ4v) is 1.50. The zero-order chi connectivity index (χ0) is 13.1. The third kappa shape index (κ3) is 2.46. The zero-order valence-electron chi connectivity index (χ0n) is 8.91. The van der Waals surface area contributed by atoms with Crippen molar-refractivity contribution in [3.05, 3.63) is 52.1 Å². The van der Waals surface area contributed by atoms with Crippen LogP contribution in [0.2, 0.25) is 5.02 Å². The summed E-state index contributed by atoms with van der Waals surface area (Å²) in [6.45, 7) is 0. The number of nitro benzene ring substituents is 1. The van der Waals surface area contributed by atoms with E-state index in [2.05, 4.69) is 10.3 Å². The Bertz CT molecular complexity index is 597. The molecule has 7 nitrogen and oxygen atoms in total. The Kier molecular flexibility index (Phi) is 3.24. The maximum Gasteiger partial charge on any atom is 0.331 e. The van der Waals surface area contributed by atoms with Crippen molar-refractivity contribution >= 4 is 29.0 Å². The first-order chi connectivity index (χ1) is 8.58. The van der Waals surface area contributed by atoms with Gasteiger partial charge in [-0.05, 0) is 6.07 Å². The van der Waals surface area contributed by atoms with Gasteiger partial charge in [0.1, 0.15) is 6.33 Å². The summed E-state index contributed by atoms with van der Waals surface area (Å²) in [5.74, 6) is 0. The van der Waals surface area contributed by atoms with Crippen LogP contribution in [0.4, 0.5) is 16.2 Å². The zero-order valence-corrected chi connectivity index (χ0v) is 9.66. The minimum Gasteiger partial charge on any atom is -0.306 e. The molecular formula is C10H7ClN4O3. The number of anilines is 1. The maximum atomic E-state index is 11.7. The first kappa shape index (κ1) is 12.1. The number of hydrogen-bond donors (Lipinski definition) is 1. The van der Waals surface area contributed by atoms with Crippen LogP contribution in [0.25, 0.3) is 0 Å². The van der Waals surface area contributed by atoms with Crippen molar-refractivity contribution in [1.29, 1.82) is 0 Å². The Morgan fingerprint density at radius 3 is 2.83 bits per heavy atom. The fraction of sp³-hybridized carbons (Fsp3) is 0. The largest absolute Gasteiger partial charge is 0.331 e. The number of nitro groups is 1. The summed E-state index contributed by atoms with van der Waals surface area (Å²) in [6, 6.07) is 3.35. The van der Waals surface area contributed by atoms with Gasteiger partial charge in [-0.15, -0.1) is 0 Å². The van der Waals surface area contributed by atoms with Crippen LogP contribution in [0, 0.1) is 10.1 Å². The van der Waals surface area contributed by atoms with Crippen molar-refractivity contribution in [3.63, 3.8) is 0 Å². The van der Waals surface area contributed by atoms with E-state index in [9.17, 15) is 14.9 Å². The van der Waals surface area contributed by atoms with E-state index in [0.717, 1.165) is 0 Å². The summed E-state index contributed by atoms with van der Waals surface area (Å²) in [4.78, 5) is 25.3. The molecule has 0 aliphatic heterocycles. The average Bonchev–Trinajstić information content (AvgIpc) is 2.85. The standard InChI is InChI=1S/C10H7ClN4O3/c11-8-5-7(15(17)18)1-2-9(8)13-10(16)14-4-3-12-6-14/h1-6H,(H,13,16). The van der Waals surface area contributed by atoms with Gasteiger partial charge in [0.25, 0.3) is 5.69 Å². The molecule has 2 aromatic rings. The third-order valence-electron chi connectivity index (χ3n) is 2.14. The highest BCUT2D eigenvalue weighted by molar-refractivity contribution is 6.33. The monoisotopic (exact) mass is 266 g/mol. The summed E-state index contributed by atoms with van der Waals surface area (Å²) in [7, 11) is 0. The second-order valence-corrected chi connectivity index (χ2v) is 3.73. The minimum atomic E-state index is -0.562. The molecule has 2 rings (SSSR count). The molecule has 1 amide bonds. The smallest absolute Gasteiger partial charge is 0.306 e. The van der Waals surface area contributed by atoms with E-state index in [-0.39, 0.29) is 10.7 Å². The van der Waals surface area contributed by atoms with Crippen LogP contribution >= 0.6 is 11.6 Å². The molecule has 18 heavy (non-hydrogen) atoms. The van der Waals surface area contributed by atoms with E-state index in [0.29, 0.717) is 5.69 Å². The van der Waals surface area contributed by atoms with Gasteiger partial charge in [0.2, 0.25) is 0 Å². The van der Waals surface area contributed by atoms with Gasteiger partial charge < -0.3 is 5.32 Å². The number of aromatic nitrogens is 2. The molecule has 0 aliphatic carbocycles. The normalized spacial score (nSPS) is 10.1. The fourth-order valence-electron chi connectivity index (χ4n) is 1.28. The number of amides is 1. The van der Waals surface area contributed by atoms with Crippen LogP contribution in [0.5, 0.6) is 0 Å². The van der Waals surface area contributed by atoms with Crippen LogP contribution in [0.15, 0.2) is 36.9 Å². The Morgan fingerprint density at radius 2 is 2.28 bits per heavy atom. The van der Waals surface area contributed by atoms with Gasteiger partial charge in [0.05, 0.1) is 15.6 Å². The summed E-state index contributed by atoms with van der Waals surface area (Å²) in [5.41, 5.74) is 0.154. The topological polar surface area (TPSA) is 90.1 Å². The van der Waals surface area contributed by atoms with Gasteiger partial charge in [0.15, 0.2) is 0 Å². The lowest BCUT2D eigenvalue weighted by Gasteiger charge is -2.06. The van der Waals surface area contributed by atoms with E-state index >= 15 is 0 Å². The highest BCUT2D eigenvalue weighted by Crippen LogP contribution is 2.26. The van der Waals surface area contributed by atoms with Crippen LogP contribution in [-0.4, -0.2) is 20.5 Å². The first-order valence-electron chi connectivity index (χ1n) is 4.81. The van der Waals surface area contributed by atoms with Crippen molar-refractivity contribution in [2.75, 3.05) is 5.32 Å². The third-order valence-corrected chi connectivity index (χ3v) is 2.46. The average molecular weight is 267 g/mol. The predicted octanol–water partition coefficient (Wildman–Crippen LogP) is 2.52. The Hall–Kier alpha value is -2.41. The molecule has 92 valence electrons. The molecule has 1 aromatic heterocycles. The van der Waals surface area contributed by atoms with Crippen LogP contribution < -0.4 is 5.32 Å². The molecule has 0 spiro atoms. The van der Waals surface area contributed by atoms with E-state index in [1.54, 1.807) is 0 Å². The molecule has 0 atom stereocenters. The molecule has 1 heterocycles. The number of benzene rings is 1. The molecule has 8 heteroatoms. The number of nitrogens with zero attached hydrogens (tertiary/aromatic N) is 3. The van der Waals surface area contributed by atoms with Gasteiger partial charge in [-0.2, -0.15) is 0 Å². The van der Waals surface area contributed by atoms with Gasteiger partial charge in [0, 0.05) is 24.5 Å². The van der Waals surface area contributed by atoms with Crippen LogP contribution in [0.3, 0.4) is 0 Å². The van der Waals surface area contributed by atoms with Crippen LogP contribution in [-0.2, 0) is 0 Å². The molecule has 0 fully saturated rings.